The number of ether oxygens (including phenoxy) is 1. The van der Waals surface area contributed by atoms with Gasteiger partial charge in [-0.3, -0.25) is 0 Å². The highest BCUT2D eigenvalue weighted by atomic mass is 35.5. The van der Waals surface area contributed by atoms with Crippen molar-refractivity contribution < 1.29 is 4.74 Å². The molecule has 0 unspecified atom stereocenters. The topological polar surface area (TPSA) is 35.2 Å². The van der Waals surface area contributed by atoms with Crippen molar-refractivity contribution >= 4 is 50.2 Å². The second kappa shape index (κ2) is 6.02. The van der Waals surface area contributed by atoms with Crippen LogP contribution in [0.25, 0.3) is 10.1 Å². The Morgan fingerprint density at radius 3 is 2.81 bits per heavy atom. The SMILES string of the molecule is NC(=S)c1ccc(OCc2csc3ccccc23)c(Cl)c1. The maximum atomic E-state index is 6.19. The third-order valence-electron chi connectivity index (χ3n) is 3.16. The molecule has 0 saturated heterocycles. The van der Waals surface area contributed by atoms with E-state index in [-0.39, 0.29) is 0 Å². The third kappa shape index (κ3) is 3.02. The molecular formula is C16H12ClNOS2. The Morgan fingerprint density at radius 1 is 1.24 bits per heavy atom. The highest BCUT2D eigenvalue weighted by Crippen LogP contribution is 2.29. The van der Waals surface area contributed by atoms with Gasteiger partial charge in [-0.1, -0.05) is 42.0 Å². The van der Waals surface area contributed by atoms with Crippen molar-refractivity contribution in [3.63, 3.8) is 0 Å². The van der Waals surface area contributed by atoms with Gasteiger partial charge in [-0.25, -0.2) is 0 Å². The van der Waals surface area contributed by atoms with Gasteiger partial charge in [0.2, 0.25) is 0 Å². The van der Waals surface area contributed by atoms with Gasteiger partial charge < -0.3 is 10.5 Å². The van der Waals surface area contributed by atoms with E-state index in [2.05, 4.69) is 17.5 Å². The lowest BCUT2D eigenvalue weighted by Gasteiger charge is -2.09. The van der Waals surface area contributed by atoms with Gasteiger partial charge in [-0.2, -0.15) is 0 Å². The van der Waals surface area contributed by atoms with Crippen LogP contribution < -0.4 is 10.5 Å². The van der Waals surface area contributed by atoms with E-state index in [1.54, 1.807) is 23.5 Å². The van der Waals surface area contributed by atoms with Crippen LogP contribution in [-0.4, -0.2) is 4.99 Å². The number of thiocarbonyl (C=S) groups is 1. The number of halogens is 1. The maximum Gasteiger partial charge on any atom is 0.138 e. The molecule has 2 aromatic carbocycles. The molecular weight excluding hydrogens is 322 g/mol. The predicted molar refractivity (Wildman–Crippen MR) is 93.5 cm³/mol. The molecule has 0 atom stereocenters. The van der Waals surface area contributed by atoms with E-state index in [4.69, 9.17) is 34.3 Å². The Morgan fingerprint density at radius 2 is 2.05 bits per heavy atom. The van der Waals surface area contributed by atoms with E-state index in [1.165, 1.54) is 10.1 Å². The normalized spacial score (nSPS) is 10.7. The summed E-state index contributed by atoms with van der Waals surface area (Å²) in [5.74, 6) is 0.631. The zero-order chi connectivity index (χ0) is 14.8. The molecule has 2 nitrogen and oxygen atoms in total. The van der Waals surface area contributed by atoms with Gasteiger partial charge in [0.05, 0.1) is 5.02 Å². The summed E-state index contributed by atoms with van der Waals surface area (Å²) in [6, 6.07) is 13.6. The molecule has 3 aromatic rings. The average Bonchev–Trinajstić information content (AvgIpc) is 2.89. The number of benzene rings is 2. The molecule has 21 heavy (non-hydrogen) atoms. The second-order valence-corrected chi connectivity index (χ2v) is 6.31. The van der Waals surface area contributed by atoms with E-state index in [0.717, 1.165) is 11.1 Å². The Kier molecular flexibility index (Phi) is 4.10. The van der Waals surface area contributed by atoms with Gasteiger partial charge in [0.25, 0.3) is 0 Å². The summed E-state index contributed by atoms with van der Waals surface area (Å²) >= 11 is 12.8. The number of hydrogen-bond acceptors (Lipinski definition) is 3. The quantitative estimate of drug-likeness (QED) is 0.699. The minimum atomic E-state index is 0.326. The summed E-state index contributed by atoms with van der Waals surface area (Å²) in [4.78, 5) is 0.326. The summed E-state index contributed by atoms with van der Waals surface area (Å²) in [5, 5.41) is 3.85. The first-order chi connectivity index (χ1) is 10.1. The van der Waals surface area contributed by atoms with Gasteiger partial charge >= 0.3 is 0 Å². The van der Waals surface area contributed by atoms with Crippen LogP contribution in [0, 0.1) is 0 Å². The van der Waals surface area contributed by atoms with Crippen LogP contribution in [0.15, 0.2) is 47.8 Å². The van der Waals surface area contributed by atoms with Crippen molar-refractivity contribution in [1.29, 1.82) is 0 Å². The van der Waals surface area contributed by atoms with Crippen LogP contribution in [0.4, 0.5) is 0 Å². The third-order valence-corrected chi connectivity index (χ3v) is 4.70. The van der Waals surface area contributed by atoms with Gasteiger partial charge in [0, 0.05) is 15.8 Å². The zero-order valence-electron chi connectivity index (χ0n) is 11.0. The fourth-order valence-electron chi connectivity index (χ4n) is 2.07. The Bertz CT molecular complexity index is 813. The van der Waals surface area contributed by atoms with E-state index < -0.39 is 0 Å². The Balaban J connectivity index is 1.80. The molecule has 3 rings (SSSR count). The van der Waals surface area contributed by atoms with Gasteiger partial charge in [-0.05, 0) is 35.0 Å². The molecule has 0 aliphatic rings. The smallest absolute Gasteiger partial charge is 0.138 e. The predicted octanol–water partition coefficient (Wildman–Crippen LogP) is 4.77. The van der Waals surface area contributed by atoms with Crippen molar-refractivity contribution in [2.75, 3.05) is 0 Å². The van der Waals surface area contributed by atoms with Gasteiger partial charge in [0.15, 0.2) is 0 Å². The lowest BCUT2D eigenvalue weighted by Crippen LogP contribution is -2.09. The van der Waals surface area contributed by atoms with E-state index in [0.29, 0.717) is 22.4 Å². The van der Waals surface area contributed by atoms with Crippen molar-refractivity contribution in [3.05, 3.63) is 64.0 Å². The van der Waals surface area contributed by atoms with Crippen LogP contribution in [-0.2, 0) is 6.61 Å². The van der Waals surface area contributed by atoms with Crippen LogP contribution in [0.2, 0.25) is 5.02 Å². The molecule has 0 aliphatic heterocycles. The first-order valence-corrected chi connectivity index (χ1v) is 7.99. The molecule has 2 N–H and O–H groups in total. The number of nitrogens with two attached hydrogens (primary N) is 1. The second-order valence-electron chi connectivity index (χ2n) is 4.56. The summed E-state index contributed by atoms with van der Waals surface area (Å²) in [5.41, 5.74) is 7.48. The maximum absolute atomic E-state index is 6.19. The first-order valence-electron chi connectivity index (χ1n) is 6.32. The molecule has 0 aliphatic carbocycles. The van der Waals surface area contributed by atoms with Crippen LogP contribution in [0.5, 0.6) is 5.75 Å². The van der Waals surface area contributed by atoms with E-state index >= 15 is 0 Å². The minimum Gasteiger partial charge on any atom is -0.487 e. The van der Waals surface area contributed by atoms with Crippen molar-refractivity contribution in [2.24, 2.45) is 5.73 Å². The molecule has 1 aromatic heterocycles. The van der Waals surface area contributed by atoms with Crippen LogP contribution in [0.3, 0.4) is 0 Å². The molecule has 0 bridgehead atoms. The van der Waals surface area contributed by atoms with E-state index in [9.17, 15) is 0 Å². The Labute approximate surface area is 137 Å². The standard InChI is InChI=1S/C16H12ClNOS2/c17-13-7-10(16(18)20)5-6-14(13)19-8-11-9-21-15-4-2-1-3-12(11)15/h1-7,9H,8H2,(H2,18,20). The van der Waals surface area contributed by atoms with Crippen molar-refractivity contribution in [3.8, 4) is 5.75 Å². The molecule has 106 valence electrons. The highest BCUT2D eigenvalue weighted by molar-refractivity contribution is 7.80. The van der Waals surface area contributed by atoms with Gasteiger partial charge in [0.1, 0.15) is 17.3 Å². The highest BCUT2D eigenvalue weighted by Gasteiger charge is 2.07. The fourth-order valence-corrected chi connectivity index (χ4v) is 3.38. The fraction of sp³-hybridized carbons (Fsp3) is 0.0625. The molecule has 5 heteroatoms. The number of fused-ring (bicyclic) bond motifs is 1. The summed E-state index contributed by atoms with van der Waals surface area (Å²) < 4.78 is 7.07. The number of rotatable bonds is 4. The lowest BCUT2D eigenvalue weighted by atomic mass is 10.2. The minimum absolute atomic E-state index is 0.326. The summed E-state index contributed by atoms with van der Waals surface area (Å²) in [6.45, 7) is 0.482. The lowest BCUT2D eigenvalue weighted by molar-refractivity contribution is 0.308. The van der Waals surface area contributed by atoms with Crippen LogP contribution >= 0.6 is 35.2 Å². The molecule has 0 radical (unpaired) electrons. The van der Waals surface area contributed by atoms with Gasteiger partial charge in [-0.15, -0.1) is 11.3 Å². The Hall–Kier alpha value is -1.62. The molecule has 1 heterocycles. The first kappa shape index (κ1) is 14.3. The van der Waals surface area contributed by atoms with E-state index in [1.807, 2.05) is 18.2 Å². The summed E-state index contributed by atoms with van der Waals surface area (Å²) in [7, 11) is 0. The van der Waals surface area contributed by atoms with Crippen molar-refractivity contribution in [2.45, 2.75) is 6.61 Å². The molecule has 0 fully saturated rings. The summed E-state index contributed by atoms with van der Waals surface area (Å²) in [6.07, 6.45) is 0. The molecule has 0 saturated carbocycles. The van der Waals surface area contributed by atoms with Crippen molar-refractivity contribution in [1.82, 2.24) is 0 Å². The molecule has 0 amide bonds. The largest absolute Gasteiger partial charge is 0.487 e. The average molecular weight is 334 g/mol. The molecule has 0 spiro atoms. The number of thiophene rings is 1. The van der Waals surface area contributed by atoms with Crippen LogP contribution in [0.1, 0.15) is 11.1 Å². The monoisotopic (exact) mass is 333 g/mol. The zero-order valence-corrected chi connectivity index (χ0v) is 13.4. The number of hydrogen-bond donors (Lipinski definition) is 1.